The average molecular weight is 221 g/mol. The van der Waals surface area contributed by atoms with Gasteiger partial charge in [0.2, 0.25) is 0 Å². The Morgan fingerprint density at radius 2 is 2.38 bits per heavy atom. The van der Waals surface area contributed by atoms with Crippen LogP contribution in [0, 0.1) is 17.8 Å². The van der Waals surface area contributed by atoms with Gasteiger partial charge in [-0.1, -0.05) is 25.3 Å². The highest BCUT2D eigenvalue weighted by molar-refractivity contribution is 5.68. The number of likely N-dealkylation sites (tertiary alicyclic amines) is 1. The molecule has 0 aromatic carbocycles. The van der Waals surface area contributed by atoms with E-state index < -0.39 is 0 Å². The number of carbonyl (C=O) groups excluding carboxylic acids is 1. The summed E-state index contributed by atoms with van der Waals surface area (Å²) in [5, 5.41) is 0. The Labute approximate surface area is 97.5 Å². The van der Waals surface area contributed by atoms with Gasteiger partial charge in [0.05, 0.1) is 6.61 Å². The molecule has 1 rings (SSSR count). The van der Waals surface area contributed by atoms with E-state index in [-0.39, 0.29) is 11.5 Å². The van der Waals surface area contributed by atoms with Gasteiger partial charge < -0.3 is 9.64 Å². The first-order valence-electron chi connectivity index (χ1n) is 5.58. The molecule has 0 saturated carbocycles. The minimum atomic E-state index is -0.227. The molecule has 16 heavy (non-hydrogen) atoms. The second-order valence-corrected chi connectivity index (χ2v) is 4.59. The molecule has 0 aromatic rings. The summed E-state index contributed by atoms with van der Waals surface area (Å²) < 4.78 is 5.00. The van der Waals surface area contributed by atoms with Gasteiger partial charge >= 0.3 is 6.09 Å². The Morgan fingerprint density at radius 1 is 1.69 bits per heavy atom. The maximum Gasteiger partial charge on any atom is 0.409 e. The molecule has 0 N–H and O–H groups in total. The molecule has 1 aliphatic rings. The molecule has 1 saturated heterocycles. The number of hydrogen-bond donors (Lipinski definition) is 0. The van der Waals surface area contributed by atoms with Crippen molar-refractivity contribution < 1.29 is 9.53 Å². The van der Waals surface area contributed by atoms with Crippen molar-refractivity contribution in [1.29, 1.82) is 0 Å². The van der Waals surface area contributed by atoms with Crippen molar-refractivity contribution in [3.8, 4) is 12.3 Å². The van der Waals surface area contributed by atoms with Crippen molar-refractivity contribution in [1.82, 2.24) is 4.90 Å². The number of piperidine rings is 1. The molecule has 0 unspecified atom stereocenters. The van der Waals surface area contributed by atoms with E-state index in [4.69, 9.17) is 11.2 Å². The molecule has 3 heteroatoms. The summed E-state index contributed by atoms with van der Waals surface area (Å²) in [5.74, 6) is 2.57. The Kier molecular flexibility index (Phi) is 4.00. The van der Waals surface area contributed by atoms with Crippen LogP contribution in [0.3, 0.4) is 0 Å². The van der Waals surface area contributed by atoms with Gasteiger partial charge in [-0.25, -0.2) is 4.79 Å². The summed E-state index contributed by atoms with van der Waals surface area (Å²) in [6.45, 7) is 7.79. The molecule has 1 fully saturated rings. The van der Waals surface area contributed by atoms with Crippen molar-refractivity contribution >= 4 is 6.09 Å². The SMILES string of the molecule is C#C/C=C1\CCN(C(=O)OCC)CC1(C)C. The Morgan fingerprint density at radius 3 is 2.88 bits per heavy atom. The standard InChI is InChI=1S/C13H19NO2/c1-5-7-11-8-9-14(10-13(11,3)4)12(15)16-6-2/h1,7H,6,8-10H2,2-4H3/b11-7+. The molecule has 0 spiro atoms. The van der Waals surface area contributed by atoms with Gasteiger partial charge in [0.25, 0.3) is 0 Å². The summed E-state index contributed by atoms with van der Waals surface area (Å²) in [4.78, 5) is 13.3. The van der Waals surface area contributed by atoms with Crippen LogP contribution in [0.5, 0.6) is 0 Å². The number of ether oxygens (including phenoxy) is 1. The van der Waals surface area contributed by atoms with Crippen LogP contribution in [0.25, 0.3) is 0 Å². The first-order chi connectivity index (χ1) is 7.51. The fourth-order valence-corrected chi connectivity index (χ4v) is 1.99. The van der Waals surface area contributed by atoms with Crippen LogP contribution in [0.4, 0.5) is 4.79 Å². The average Bonchev–Trinajstić information content (AvgIpc) is 2.21. The molecular weight excluding hydrogens is 202 g/mol. The molecule has 1 aliphatic heterocycles. The van der Waals surface area contributed by atoms with Gasteiger partial charge in [0, 0.05) is 18.5 Å². The molecule has 1 amide bonds. The fourth-order valence-electron chi connectivity index (χ4n) is 1.99. The van der Waals surface area contributed by atoms with E-state index in [0.29, 0.717) is 19.7 Å². The zero-order valence-electron chi connectivity index (χ0n) is 10.2. The van der Waals surface area contributed by atoms with E-state index in [1.807, 2.05) is 13.0 Å². The summed E-state index contributed by atoms with van der Waals surface area (Å²) in [6, 6.07) is 0. The first kappa shape index (κ1) is 12.6. The number of carbonyl (C=O) groups is 1. The maximum absolute atomic E-state index is 11.6. The highest BCUT2D eigenvalue weighted by atomic mass is 16.6. The van der Waals surface area contributed by atoms with Gasteiger partial charge in [-0.3, -0.25) is 0 Å². The van der Waals surface area contributed by atoms with Crippen molar-refractivity contribution in [2.75, 3.05) is 19.7 Å². The van der Waals surface area contributed by atoms with Gasteiger partial charge in [-0.05, 0) is 19.4 Å². The van der Waals surface area contributed by atoms with Crippen LogP contribution in [-0.2, 0) is 4.74 Å². The highest BCUT2D eigenvalue weighted by Crippen LogP contribution is 2.34. The van der Waals surface area contributed by atoms with Gasteiger partial charge in [0.1, 0.15) is 0 Å². The quantitative estimate of drug-likeness (QED) is 0.636. The van der Waals surface area contributed by atoms with Crippen LogP contribution in [-0.4, -0.2) is 30.7 Å². The highest BCUT2D eigenvalue weighted by Gasteiger charge is 2.33. The Balaban J connectivity index is 2.72. The van der Waals surface area contributed by atoms with Crippen molar-refractivity contribution in [2.45, 2.75) is 27.2 Å². The molecule has 88 valence electrons. The molecular formula is C13H19NO2. The lowest BCUT2D eigenvalue weighted by atomic mass is 9.79. The summed E-state index contributed by atoms with van der Waals surface area (Å²) in [5.41, 5.74) is 1.17. The van der Waals surface area contributed by atoms with Crippen LogP contribution in [0.15, 0.2) is 11.6 Å². The largest absolute Gasteiger partial charge is 0.450 e. The monoisotopic (exact) mass is 221 g/mol. The van der Waals surface area contributed by atoms with E-state index in [0.717, 1.165) is 6.42 Å². The molecule has 0 bridgehead atoms. The third-order valence-electron chi connectivity index (χ3n) is 2.89. The van der Waals surface area contributed by atoms with Gasteiger partial charge in [-0.15, -0.1) is 6.42 Å². The predicted octanol–water partition coefficient (Wildman–Crippen LogP) is 2.43. The molecule has 0 radical (unpaired) electrons. The first-order valence-corrected chi connectivity index (χ1v) is 5.58. The van der Waals surface area contributed by atoms with Crippen LogP contribution in [0.2, 0.25) is 0 Å². The lowest BCUT2D eigenvalue weighted by Gasteiger charge is -2.39. The third kappa shape index (κ3) is 2.79. The summed E-state index contributed by atoms with van der Waals surface area (Å²) in [7, 11) is 0. The number of amides is 1. The van der Waals surface area contributed by atoms with Crippen molar-refractivity contribution in [2.24, 2.45) is 5.41 Å². The summed E-state index contributed by atoms with van der Waals surface area (Å²) in [6.07, 6.45) is 7.72. The van der Waals surface area contributed by atoms with Gasteiger partial charge in [-0.2, -0.15) is 0 Å². The van der Waals surface area contributed by atoms with Crippen molar-refractivity contribution in [3.63, 3.8) is 0 Å². The Bertz CT molecular complexity index is 336. The minimum absolute atomic E-state index is 0.0582. The zero-order chi connectivity index (χ0) is 12.2. The Hall–Kier alpha value is -1.43. The van der Waals surface area contributed by atoms with E-state index in [1.54, 1.807) is 4.90 Å². The second-order valence-electron chi connectivity index (χ2n) is 4.59. The molecule has 0 aromatic heterocycles. The van der Waals surface area contributed by atoms with Crippen LogP contribution < -0.4 is 0 Å². The number of allylic oxidation sites excluding steroid dienone is 1. The van der Waals surface area contributed by atoms with Crippen molar-refractivity contribution in [3.05, 3.63) is 11.6 Å². The predicted molar refractivity (Wildman–Crippen MR) is 63.9 cm³/mol. The summed E-state index contributed by atoms with van der Waals surface area (Å²) >= 11 is 0. The zero-order valence-corrected chi connectivity index (χ0v) is 10.2. The molecule has 0 aliphatic carbocycles. The minimum Gasteiger partial charge on any atom is -0.450 e. The van der Waals surface area contributed by atoms with E-state index >= 15 is 0 Å². The topological polar surface area (TPSA) is 29.5 Å². The van der Waals surface area contributed by atoms with E-state index in [2.05, 4.69) is 19.8 Å². The maximum atomic E-state index is 11.6. The van der Waals surface area contributed by atoms with Crippen LogP contribution in [0.1, 0.15) is 27.2 Å². The molecule has 3 nitrogen and oxygen atoms in total. The number of rotatable bonds is 1. The normalized spacial score (nSPS) is 21.6. The van der Waals surface area contributed by atoms with E-state index in [1.165, 1.54) is 5.57 Å². The van der Waals surface area contributed by atoms with Gasteiger partial charge in [0.15, 0.2) is 0 Å². The van der Waals surface area contributed by atoms with Crippen LogP contribution >= 0.6 is 0 Å². The smallest absolute Gasteiger partial charge is 0.409 e. The lowest BCUT2D eigenvalue weighted by Crippen LogP contribution is -2.45. The fraction of sp³-hybridized carbons (Fsp3) is 0.615. The lowest BCUT2D eigenvalue weighted by molar-refractivity contribution is 0.0862. The number of hydrogen-bond acceptors (Lipinski definition) is 2. The third-order valence-corrected chi connectivity index (χ3v) is 2.89. The van der Waals surface area contributed by atoms with E-state index in [9.17, 15) is 4.79 Å². The second kappa shape index (κ2) is 5.07. The molecule has 1 heterocycles. The molecule has 0 atom stereocenters. The number of nitrogens with zero attached hydrogens (tertiary/aromatic N) is 1. The number of terminal acetylenes is 1.